The van der Waals surface area contributed by atoms with Crippen LogP contribution < -0.4 is 10.5 Å². The normalized spacial score (nSPS) is 16.4. The van der Waals surface area contributed by atoms with E-state index in [-0.39, 0.29) is 5.91 Å². The molecule has 1 atom stereocenters. The Balaban J connectivity index is 1.74. The van der Waals surface area contributed by atoms with E-state index in [1.165, 1.54) is 0 Å². The lowest BCUT2D eigenvalue weighted by Gasteiger charge is -2.16. The van der Waals surface area contributed by atoms with Crippen LogP contribution in [0, 0.1) is 5.92 Å². The van der Waals surface area contributed by atoms with Gasteiger partial charge < -0.3 is 15.4 Å². The van der Waals surface area contributed by atoms with Gasteiger partial charge in [-0.15, -0.1) is 0 Å². The molecule has 4 rings (SSSR count). The molecule has 0 spiro atoms. The van der Waals surface area contributed by atoms with Crippen LogP contribution in [-0.4, -0.2) is 47.3 Å². The fourth-order valence-corrected chi connectivity index (χ4v) is 3.59. The minimum Gasteiger partial charge on any atom is -0.497 e. The summed E-state index contributed by atoms with van der Waals surface area (Å²) in [5.74, 6) is 1.14. The van der Waals surface area contributed by atoms with E-state index >= 15 is 0 Å². The standard InChI is InChI=1S/C22H24N4O2/c1-28-19-9-7-17(8-10-19)21-20(22(27)25-12-11-16(13-23)14-25)15-26(24-21)18-5-3-2-4-6-18/h2-10,15-16H,11-14,23H2,1H3. The summed E-state index contributed by atoms with van der Waals surface area (Å²) < 4.78 is 7.02. The number of hydrogen-bond acceptors (Lipinski definition) is 4. The lowest BCUT2D eigenvalue weighted by molar-refractivity contribution is 0.0788. The third-order valence-corrected chi connectivity index (χ3v) is 5.24. The van der Waals surface area contributed by atoms with Gasteiger partial charge in [0.05, 0.1) is 18.4 Å². The van der Waals surface area contributed by atoms with Gasteiger partial charge in [0.25, 0.3) is 5.91 Å². The number of methoxy groups -OCH3 is 1. The van der Waals surface area contributed by atoms with Crippen LogP contribution in [0.25, 0.3) is 16.9 Å². The van der Waals surface area contributed by atoms with Gasteiger partial charge in [-0.05, 0) is 55.3 Å². The first-order valence-corrected chi connectivity index (χ1v) is 9.48. The largest absolute Gasteiger partial charge is 0.497 e. The van der Waals surface area contributed by atoms with Gasteiger partial charge in [-0.3, -0.25) is 4.79 Å². The van der Waals surface area contributed by atoms with Crippen LogP contribution in [0.3, 0.4) is 0 Å². The monoisotopic (exact) mass is 376 g/mol. The van der Waals surface area contributed by atoms with Gasteiger partial charge in [-0.1, -0.05) is 18.2 Å². The molecule has 0 radical (unpaired) electrons. The lowest BCUT2D eigenvalue weighted by Crippen LogP contribution is -2.30. The summed E-state index contributed by atoms with van der Waals surface area (Å²) in [6.45, 7) is 2.05. The Morgan fingerprint density at radius 1 is 1.18 bits per heavy atom. The van der Waals surface area contributed by atoms with Gasteiger partial charge in [-0.25, -0.2) is 4.68 Å². The quantitative estimate of drug-likeness (QED) is 0.743. The van der Waals surface area contributed by atoms with Crippen molar-refractivity contribution in [2.45, 2.75) is 6.42 Å². The molecule has 0 saturated carbocycles. The second kappa shape index (κ2) is 7.86. The Kier molecular flexibility index (Phi) is 5.12. The fourth-order valence-electron chi connectivity index (χ4n) is 3.59. The fraction of sp³-hybridized carbons (Fsp3) is 0.273. The number of rotatable bonds is 5. The molecule has 1 unspecified atom stereocenters. The minimum absolute atomic E-state index is 0.00366. The van der Waals surface area contributed by atoms with Crippen molar-refractivity contribution in [2.24, 2.45) is 11.7 Å². The maximum absolute atomic E-state index is 13.3. The highest BCUT2D eigenvalue weighted by atomic mass is 16.5. The summed E-state index contributed by atoms with van der Waals surface area (Å²) in [5.41, 5.74) is 8.87. The number of amides is 1. The molecule has 1 aromatic heterocycles. The summed E-state index contributed by atoms with van der Waals surface area (Å²) in [6.07, 6.45) is 2.78. The molecule has 144 valence electrons. The van der Waals surface area contributed by atoms with E-state index in [2.05, 4.69) is 0 Å². The highest BCUT2D eigenvalue weighted by Gasteiger charge is 2.29. The number of likely N-dealkylation sites (tertiary alicyclic amines) is 1. The van der Waals surface area contributed by atoms with Crippen LogP contribution in [0.5, 0.6) is 5.75 Å². The van der Waals surface area contributed by atoms with Crippen molar-refractivity contribution in [3.05, 3.63) is 66.4 Å². The predicted octanol–water partition coefficient (Wildman–Crippen LogP) is 2.97. The maximum atomic E-state index is 13.3. The van der Waals surface area contributed by atoms with Gasteiger partial charge in [0.2, 0.25) is 0 Å². The highest BCUT2D eigenvalue weighted by molar-refractivity contribution is 6.00. The predicted molar refractivity (Wildman–Crippen MR) is 109 cm³/mol. The van der Waals surface area contributed by atoms with Crippen molar-refractivity contribution in [1.29, 1.82) is 0 Å². The van der Waals surface area contributed by atoms with Gasteiger partial charge in [0, 0.05) is 24.8 Å². The number of benzene rings is 2. The molecule has 28 heavy (non-hydrogen) atoms. The number of hydrogen-bond donors (Lipinski definition) is 1. The van der Waals surface area contributed by atoms with E-state index in [9.17, 15) is 4.79 Å². The van der Waals surface area contributed by atoms with Crippen molar-refractivity contribution < 1.29 is 9.53 Å². The van der Waals surface area contributed by atoms with E-state index in [1.807, 2.05) is 65.7 Å². The first-order chi connectivity index (χ1) is 13.7. The van der Waals surface area contributed by atoms with Gasteiger partial charge in [0.1, 0.15) is 11.4 Å². The summed E-state index contributed by atoms with van der Waals surface area (Å²) in [6, 6.07) is 17.4. The number of aromatic nitrogens is 2. The molecule has 2 N–H and O–H groups in total. The van der Waals surface area contributed by atoms with Crippen molar-refractivity contribution >= 4 is 5.91 Å². The van der Waals surface area contributed by atoms with Crippen LogP contribution in [-0.2, 0) is 0 Å². The zero-order chi connectivity index (χ0) is 19.5. The second-order valence-electron chi connectivity index (χ2n) is 7.04. The highest BCUT2D eigenvalue weighted by Crippen LogP contribution is 2.28. The van der Waals surface area contributed by atoms with E-state index in [4.69, 9.17) is 15.6 Å². The smallest absolute Gasteiger partial charge is 0.257 e. The zero-order valence-electron chi connectivity index (χ0n) is 15.9. The van der Waals surface area contributed by atoms with Crippen LogP contribution in [0.15, 0.2) is 60.8 Å². The topological polar surface area (TPSA) is 73.4 Å². The molecule has 6 nitrogen and oxygen atoms in total. The maximum Gasteiger partial charge on any atom is 0.257 e. The van der Waals surface area contributed by atoms with E-state index in [0.717, 1.165) is 30.0 Å². The number of nitrogens with two attached hydrogens (primary N) is 1. The second-order valence-corrected chi connectivity index (χ2v) is 7.04. The molecule has 1 amide bonds. The lowest BCUT2D eigenvalue weighted by atomic mass is 10.1. The molecular weight excluding hydrogens is 352 g/mol. The number of ether oxygens (including phenoxy) is 1. The molecule has 0 bridgehead atoms. The van der Waals surface area contributed by atoms with Crippen molar-refractivity contribution in [1.82, 2.24) is 14.7 Å². The SMILES string of the molecule is COc1ccc(-c2nn(-c3ccccc3)cc2C(=O)N2CCC(CN)C2)cc1. The summed E-state index contributed by atoms with van der Waals surface area (Å²) >= 11 is 0. The van der Waals surface area contributed by atoms with Gasteiger partial charge in [0.15, 0.2) is 0 Å². The molecule has 6 heteroatoms. The van der Waals surface area contributed by atoms with E-state index < -0.39 is 0 Å². The first kappa shape index (κ1) is 18.3. The Labute approximate surface area is 164 Å². The molecule has 1 aliphatic rings. The minimum atomic E-state index is 0.00366. The Morgan fingerprint density at radius 2 is 1.93 bits per heavy atom. The molecule has 3 aromatic rings. The number of carbonyl (C=O) groups is 1. The molecular formula is C22H24N4O2. The van der Waals surface area contributed by atoms with Crippen LogP contribution in [0.2, 0.25) is 0 Å². The Hall–Kier alpha value is -3.12. The summed E-state index contributed by atoms with van der Waals surface area (Å²) in [5, 5.41) is 4.74. The van der Waals surface area contributed by atoms with Gasteiger partial charge in [-0.2, -0.15) is 5.10 Å². The number of para-hydroxylation sites is 1. The first-order valence-electron chi connectivity index (χ1n) is 9.48. The molecule has 2 heterocycles. The van der Waals surface area contributed by atoms with Crippen LogP contribution >= 0.6 is 0 Å². The van der Waals surface area contributed by atoms with Crippen molar-refractivity contribution in [3.63, 3.8) is 0 Å². The van der Waals surface area contributed by atoms with Crippen molar-refractivity contribution in [2.75, 3.05) is 26.7 Å². The summed E-state index contributed by atoms with van der Waals surface area (Å²) in [4.78, 5) is 15.2. The van der Waals surface area contributed by atoms with E-state index in [1.54, 1.807) is 11.8 Å². The third-order valence-electron chi connectivity index (χ3n) is 5.24. The molecule has 0 aliphatic carbocycles. The average molecular weight is 376 g/mol. The molecule has 1 fully saturated rings. The Morgan fingerprint density at radius 3 is 2.57 bits per heavy atom. The molecule has 2 aromatic carbocycles. The number of carbonyl (C=O) groups excluding carboxylic acids is 1. The average Bonchev–Trinajstić information content (AvgIpc) is 3.41. The molecule has 1 aliphatic heterocycles. The zero-order valence-corrected chi connectivity index (χ0v) is 15.9. The van der Waals surface area contributed by atoms with E-state index in [0.29, 0.717) is 30.3 Å². The molecule has 1 saturated heterocycles. The van der Waals surface area contributed by atoms with Crippen LogP contribution in [0.1, 0.15) is 16.8 Å². The van der Waals surface area contributed by atoms with Crippen molar-refractivity contribution in [3.8, 4) is 22.7 Å². The number of nitrogens with zero attached hydrogens (tertiary/aromatic N) is 3. The summed E-state index contributed by atoms with van der Waals surface area (Å²) in [7, 11) is 1.63. The third kappa shape index (κ3) is 3.51. The van der Waals surface area contributed by atoms with Crippen LogP contribution in [0.4, 0.5) is 0 Å². The van der Waals surface area contributed by atoms with Gasteiger partial charge >= 0.3 is 0 Å². The Bertz CT molecular complexity index is 950.